The van der Waals surface area contributed by atoms with E-state index < -0.39 is 0 Å². The standard InChI is InChI=1S/C19H30N6O2/c26-18(17-13-25(23-22-17)16-6-9-20-10-7-16)21-15-8-11-24(12-15)19(27)14-4-2-1-3-5-14/h13-16,20H,1-12H2,(H,21,26). The van der Waals surface area contributed by atoms with Crippen LogP contribution in [0.15, 0.2) is 6.20 Å². The fourth-order valence-corrected chi connectivity index (χ4v) is 4.58. The van der Waals surface area contributed by atoms with E-state index in [2.05, 4.69) is 20.9 Å². The number of aromatic nitrogens is 3. The molecular formula is C19H30N6O2. The number of nitrogens with zero attached hydrogens (tertiary/aromatic N) is 4. The van der Waals surface area contributed by atoms with Crippen LogP contribution in [0.3, 0.4) is 0 Å². The van der Waals surface area contributed by atoms with Gasteiger partial charge in [-0.25, -0.2) is 4.68 Å². The lowest BCUT2D eigenvalue weighted by molar-refractivity contribution is -0.135. The third kappa shape index (κ3) is 4.31. The van der Waals surface area contributed by atoms with E-state index in [0.717, 1.165) is 64.6 Å². The SMILES string of the molecule is O=C(NC1CCN(C(=O)C2CCCCC2)C1)c1cn(C2CCNCC2)nn1. The van der Waals surface area contributed by atoms with Crippen molar-refractivity contribution in [2.75, 3.05) is 26.2 Å². The largest absolute Gasteiger partial charge is 0.346 e. The number of hydrogen-bond acceptors (Lipinski definition) is 5. The summed E-state index contributed by atoms with van der Waals surface area (Å²) in [4.78, 5) is 27.1. The number of hydrogen-bond donors (Lipinski definition) is 2. The van der Waals surface area contributed by atoms with Gasteiger partial charge in [0.1, 0.15) is 0 Å². The average Bonchev–Trinajstić information content (AvgIpc) is 3.39. The van der Waals surface area contributed by atoms with Gasteiger partial charge in [-0.1, -0.05) is 24.5 Å². The van der Waals surface area contributed by atoms with Gasteiger partial charge in [0.2, 0.25) is 5.91 Å². The minimum Gasteiger partial charge on any atom is -0.346 e. The van der Waals surface area contributed by atoms with Gasteiger partial charge in [0, 0.05) is 25.0 Å². The molecule has 0 radical (unpaired) electrons. The third-order valence-electron chi connectivity index (χ3n) is 6.22. The summed E-state index contributed by atoms with van der Waals surface area (Å²) in [7, 11) is 0. The summed E-state index contributed by atoms with van der Waals surface area (Å²) in [5, 5.41) is 14.6. The van der Waals surface area contributed by atoms with Crippen molar-refractivity contribution in [3.63, 3.8) is 0 Å². The van der Waals surface area contributed by atoms with E-state index in [1.807, 2.05) is 9.58 Å². The molecule has 0 aromatic carbocycles. The van der Waals surface area contributed by atoms with Gasteiger partial charge in [-0.15, -0.1) is 5.10 Å². The lowest BCUT2D eigenvalue weighted by Gasteiger charge is -2.26. The monoisotopic (exact) mass is 374 g/mol. The summed E-state index contributed by atoms with van der Waals surface area (Å²) in [6, 6.07) is 0.324. The van der Waals surface area contributed by atoms with Gasteiger partial charge in [-0.2, -0.15) is 0 Å². The number of likely N-dealkylation sites (tertiary alicyclic amines) is 1. The number of nitrogens with one attached hydrogen (secondary N) is 2. The third-order valence-corrected chi connectivity index (χ3v) is 6.22. The zero-order valence-electron chi connectivity index (χ0n) is 15.9. The van der Waals surface area contributed by atoms with Crippen molar-refractivity contribution in [2.24, 2.45) is 5.92 Å². The Kier molecular flexibility index (Phi) is 5.71. The summed E-state index contributed by atoms with van der Waals surface area (Å²) in [5.74, 6) is 0.286. The van der Waals surface area contributed by atoms with Crippen molar-refractivity contribution in [1.82, 2.24) is 30.5 Å². The number of amides is 2. The molecule has 2 amide bonds. The van der Waals surface area contributed by atoms with Crippen LogP contribution in [0.2, 0.25) is 0 Å². The first-order chi connectivity index (χ1) is 13.2. The molecule has 4 rings (SSSR count). The van der Waals surface area contributed by atoms with E-state index in [-0.39, 0.29) is 23.8 Å². The Bertz CT molecular complexity index is 663. The number of carbonyl (C=O) groups excluding carboxylic acids is 2. The van der Waals surface area contributed by atoms with Crippen LogP contribution in [0.1, 0.15) is 67.9 Å². The summed E-state index contributed by atoms with van der Waals surface area (Å²) in [5.41, 5.74) is 0.366. The van der Waals surface area contributed by atoms with E-state index in [1.165, 1.54) is 6.42 Å². The molecule has 2 aliphatic heterocycles. The Balaban J connectivity index is 1.28. The molecule has 1 saturated carbocycles. The van der Waals surface area contributed by atoms with Gasteiger partial charge in [0.05, 0.1) is 12.2 Å². The van der Waals surface area contributed by atoms with Crippen LogP contribution >= 0.6 is 0 Å². The maximum absolute atomic E-state index is 12.7. The van der Waals surface area contributed by atoms with Crippen molar-refractivity contribution in [3.8, 4) is 0 Å². The topological polar surface area (TPSA) is 92.2 Å². The smallest absolute Gasteiger partial charge is 0.273 e. The predicted octanol–water partition coefficient (Wildman–Crippen LogP) is 1.11. The zero-order chi connectivity index (χ0) is 18.6. The highest BCUT2D eigenvalue weighted by Gasteiger charge is 2.32. The molecule has 3 aliphatic rings. The van der Waals surface area contributed by atoms with Crippen molar-refractivity contribution in [3.05, 3.63) is 11.9 Å². The predicted molar refractivity (Wildman–Crippen MR) is 100 cm³/mol. The Morgan fingerprint density at radius 3 is 2.63 bits per heavy atom. The molecule has 8 nitrogen and oxygen atoms in total. The van der Waals surface area contributed by atoms with Crippen LogP contribution < -0.4 is 10.6 Å². The zero-order valence-corrected chi connectivity index (χ0v) is 15.9. The molecule has 1 atom stereocenters. The molecule has 8 heteroatoms. The summed E-state index contributed by atoms with van der Waals surface area (Å²) in [6.45, 7) is 3.30. The maximum Gasteiger partial charge on any atom is 0.273 e. The molecule has 148 valence electrons. The highest BCUT2D eigenvalue weighted by atomic mass is 16.2. The maximum atomic E-state index is 12.7. The summed E-state index contributed by atoms with van der Waals surface area (Å²) >= 11 is 0. The van der Waals surface area contributed by atoms with Crippen molar-refractivity contribution in [1.29, 1.82) is 0 Å². The fraction of sp³-hybridized carbons (Fsp3) is 0.789. The summed E-state index contributed by atoms with van der Waals surface area (Å²) < 4.78 is 1.82. The highest BCUT2D eigenvalue weighted by molar-refractivity contribution is 5.92. The lowest BCUT2D eigenvalue weighted by Crippen LogP contribution is -2.40. The van der Waals surface area contributed by atoms with E-state index in [0.29, 0.717) is 18.3 Å². The van der Waals surface area contributed by atoms with E-state index in [1.54, 1.807) is 6.20 Å². The molecule has 1 aliphatic carbocycles. The highest BCUT2D eigenvalue weighted by Crippen LogP contribution is 2.27. The lowest BCUT2D eigenvalue weighted by atomic mass is 9.88. The van der Waals surface area contributed by atoms with Crippen LogP contribution in [0, 0.1) is 5.92 Å². The average molecular weight is 374 g/mol. The minimum absolute atomic E-state index is 0.00840. The molecule has 1 aromatic heterocycles. The number of rotatable bonds is 4. The van der Waals surface area contributed by atoms with Crippen LogP contribution in [0.25, 0.3) is 0 Å². The van der Waals surface area contributed by atoms with Crippen molar-refractivity contribution >= 4 is 11.8 Å². The molecule has 1 aromatic rings. The molecular weight excluding hydrogens is 344 g/mol. The minimum atomic E-state index is -0.188. The van der Waals surface area contributed by atoms with Crippen molar-refractivity contribution in [2.45, 2.75) is 63.5 Å². The van der Waals surface area contributed by atoms with Crippen LogP contribution in [-0.4, -0.2) is 63.9 Å². The molecule has 2 saturated heterocycles. The van der Waals surface area contributed by atoms with Gasteiger partial charge >= 0.3 is 0 Å². The Labute approximate surface area is 160 Å². The first kappa shape index (κ1) is 18.4. The number of carbonyl (C=O) groups is 2. The van der Waals surface area contributed by atoms with E-state index in [4.69, 9.17) is 0 Å². The molecule has 0 spiro atoms. The fourth-order valence-electron chi connectivity index (χ4n) is 4.58. The van der Waals surface area contributed by atoms with Gasteiger partial charge in [-0.05, 0) is 45.2 Å². The number of piperidine rings is 1. The van der Waals surface area contributed by atoms with Gasteiger partial charge in [0.15, 0.2) is 5.69 Å². The van der Waals surface area contributed by atoms with Crippen LogP contribution in [0.5, 0.6) is 0 Å². The van der Waals surface area contributed by atoms with E-state index >= 15 is 0 Å². The van der Waals surface area contributed by atoms with Gasteiger partial charge in [0.25, 0.3) is 5.91 Å². The quantitative estimate of drug-likeness (QED) is 0.824. The molecule has 1 unspecified atom stereocenters. The summed E-state index contributed by atoms with van der Waals surface area (Å²) in [6.07, 6.45) is 10.2. The second-order valence-corrected chi connectivity index (χ2v) is 8.14. The van der Waals surface area contributed by atoms with E-state index in [9.17, 15) is 9.59 Å². The Hall–Kier alpha value is -1.96. The first-order valence-corrected chi connectivity index (χ1v) is 10.4. The van der Waals surface area contributed by atoms with Gasteiger partial charge < -0.3 is 15.5 Å². The molecule has 2 N–H and O–H groups in total. The second kappa shape index (κ2) is 8.37. The first-order valence-electron chi connectivity index (χ1n) is 10.4. The van der Waals surface area contributed by atoms with Crippen LogP contribution in [0.4, 0.5) is 0 Å². The Morgan fingerprint density at radius 2 is 1.85 bits per heavy atom. The van der Waals surface area contributed by atoms with Crippen molar-refractivity contribution < 1.29 is 9.59 Å². The van der Waals surface area contributed by atoms with Gasteiger partial charge in [-0.3, -0.25) is 9.59 Å². The van der Waals surface area contributed by atoms with Crippen LogP contribution in [-0.2, 0) is 4.79 Å². The molecule has 3 heterocycles. The molecule has 0 bridgehead atoms. The normalized spacial score (nSPS) is 24.9. The molecule has 27 heavy (non-hydrogen) atoms. The second-order valence-electron chi connectivity index (χ2n) is 8.14. The molecule has 3 fully saturated rings. The Morgan fingerprint density at radius 1 is 1.07 bits per heavy atom.